The molecule has 0 saturated carbocycles. The van der Waals surface area contributed by atoms with E-state index in [9.17, 15) is 4.79 Å². The van der Waals surface area contributed by atoms with Crippen LogP contribution in [-0.2, 0) is 13.0 Å². The van der Waals surface area contributed by atoms with Crippen molar-refractivity contribution in [3.63, 3.8) is 0 Å². The molecule has 2 heterocycles. The van der Waals surface area contributed by atoms with Gasteiger partial charge in [0.15, 0.2) is 10.9 Å². The Kier molecular flexibility index (Phi) is 6.66. The number of carbonyl (C=O) groups excluding carboxylic acids is 1. The Balaban J connectivity index is 1.83. The monoisotopic (exact) mass is 403 g/mol. The first-order valence-corrected chi connectivity index (χ1v) is 10.6. The molecule has 2 aromatic heterocycles. The molecule has 0 aliphatic carbocycles. The highest BCUT2D eigenvalue weighted by molar-refractivity contribution is 7.98. The van der Waals surface area contributed by atoms with Crippen LogP contribution in [-0.4, -0.2) is 33.6 Å². The SMILES string of the molecule is CSc1ncc(Cl)c(C(=O)N(CCc2ccccc2)Cc2cccs2)n1. The molecule has 0 N–H and O–H groups in total. The number of benzene rings is 1. The molecular weight excluding hydrogens is 386 g/mol. The molecule has 1 amide bonds. The van der Waals surface area contributed by atoms with Crippen molar-refractivity contribution >= 4 is 40.6 Å². The van der Waals surface area contributed by atoms with Crippen LogP contribution >= 0.6 is 34.7 Å². The third kappa shape index (κ3) is 4.84. The van der Waals surface area contributed by atoms with Gasteiger partial charge in [0.1, 0.15) is 0 Å². The van der Waals surface area contributed by atoms with Gasteiger partial charge >= 0.3 is 0 Å². The van der Waals surface area contributed by atoms with Crippen LogP contribution in [0.1, 0.15) is 20.9 Å². The van der Waals surface area contributed by atoms with Crippen LogP contribution < -0.4 is 0 Å². The van der Waals surface area contributed by atoms with Crippen LogP contribution in [0.25, 0.3) is 0 Å². The van der Waals surface area contributed by atoms with Crippen LogP contribution in [0.2, 0.25) is 5.02 Å². The minimum Gasteiger partial charge on any atom is -0.332 e. The van der Waals surface area contributed by atoms with Gasteiger partial charge in [-0.1, -0.05) is 59.8 Å². The van der Waals surface area contributed by atoms with Crippen LogP contribution in [0.5, 0.6) is 0 Å². The van der Waals surface area contributed by atoms with E-state index in [2.05, 4.69) is 22.1 Å². The van der Waals surface area contributed by atoms with Crippen molar-refractivity contribution in [2.75, 3.05) is 12.8 Å². The molecule has 0 radical (unpaired) electrons. The zero-order valence-electron chi connectivity index (χ0n) is 14.3. The van der Waals surface area contributed by atoms with E-state index in [1.807, 2.05) is 42.0 Å². The van der Waals surface area contributed by atoms with E-state index >= 15 is 0 Å². The summed E-state index contributed by atoms with van der Waals surface area (Å²) in [5.41, 5.74) is 1.45. The normalized spacial score (nSPS) is 10.7. The molecule has 3 aromatic rings. The number of rotatable bonds is 7. The largest absolute Gasteiger partial charge is 0.332 e. The molecule has 0 atom stereocenters. The van der Waals surface area contributed by atoms with Gasteiger partial charge in [-0.15, -0.1) is 11.3 Å². The molecule has 7 heteroatoms. The third-order valence-corrected chi connectivity index (χ3v) is 5.53. The van der Waals surface area contributed by atoms with Crippen molar-refractivity contribution in [1.29, 1.82) is 0 Å². The highest BCUT2D eigenvalue weighted by Crippen LogP contribution is 2.21. The molecule has 1 aromatic carbocycles. The van der Waals surface area contributed by atoms with E-state index in [0.717, 1.165) is 11.3 Å². The summed E-state index contributed by atoms with van der Waals surface area (Å²) in [6.07, 6.45) is 4.14. The Hall–Kier alpha value is -1.89. The summed E-state index contributed by atoms with van der Waals surface area (Å²) in [4.78, 5) is 24.5. The number of amides is 1. The molecule has 0 aliphatic rings. The lowest BCUT2D eigenvalue weighted by molar-refractivity contribution is 0.0740. The van der Waals surface area contributed by atoms with Gasteiger partial charge in [0, 0.05) is 11.4 Å². The number of hydrogen-bond acceptors (Lipinski definition) is 5. The highest BCUT2D eigenvalue weighted by Gasteiger charge is 2.21. The maximum absolute atomic E-state index is 13.1. The second kappa shape index (κ2) is 9.16. The summed E-state index contributed by atoms with van der Waals surface area (Å²) < 4.78 is 0. The zero-order chi connectivity index (χ0) is 18.4. The first-order valence-electron chi connectivity index (χ1n) is 8.09. The molecular formula is C19H18ClN3OS2. The summed E-state index contributed by atoms with van der Waals surface area (Å²) in [7, 11) is 0. The Morgan fingerprint density at radius 3 is 2.73 bits per heavy atom. The van der Waals surface area contributed by atoms with Crippen molar-refractivity contribution < 1.29 is 4.79 Å². The summed E-state index contributed by atoms with van der Waals surface area (Å²) in [6.45, 7) is 1.13. The fraction of sp³-hybridized carbons (Fsp3) is 0.211. The standard InChI is InChI=1S/C19H18ClN3OS2/c1-25-19-21-12-16(20)17(22-19)18(24)23(13-15-8-5-11-26-15)10-9-14-6-3-2-4-7-14/h2-8,11-12H,9-10,13H2,1H3. The predicted octanol–water partition coefficient (Wildman–Crippen LogP) is 4.80. The maximum atomic E-state index is 13.1. The first-order chi connectivity index (χ1) is 12.7. The number of thioether (sulfide) groups is 1. The number of aromatic nitrogens is 2. The van der Waals surface area contributed by atoms with E-state index in [1.54, 1.807) is 16.2 Å². The van der Waals surface area contributed by atoms with E-state index in [0.29, 0.717) is 18.2 Å². The average molecular weight is 404 g/mol. The van der Waals surface area contributed by atoms with Gasteiger partial charge in [-0.2, -0.15) is 0 Å². The van der Waals surface area contributed by atoms with E-state index < -0.39 is 0 Å². The van der Waals surface area contributed by atoms with E-state index in [4.69, 9.17) is 11.6 Å². The Labute approximate surface area is 166 Å². The van der Waals surface area contributed by atoms with Gasteiger partial charge in [-0.05, 0) is 29.7 Å². The van der Waals surface area contributed by atoms with Gasteiger partial charge < -0.3 is 4.90 Å². The summed E-state index contributed by atoms with van der Waals surface area (Å²) in [5.74, 6) is -0.169. The third-order valence-electron chi connectivity index (χ3n) is 3.83. The number of carbonyl (C=O) groups is 1. The lowest BCUT2D eigenvalue weighted by atomic mass is 10.1. The van der Waals surface area contributed by atoms with Crippen molar-refractivity contribution in [2.45, 2.75) is 18.1 Å². The lowest BCUT2D eigenvalue weighted by Gasteiger charge is -2.22. The van der Waals surface area contributed by atoms with Crippen molar-refractivity contribution in [1.82, 2.24) is 14.9 Å². The van der Waals surface area contributed by atoms with Crippen molar-refractivity contribution in [3.8, 4) is 0 Å². The topological polar surface area (TPSA) is 46.1 Å². The Morgan fingerprint density at radius 2 is 2.04 bits per heavy atom. The molecule has 0 fully saturated rings. The zero-order valence-corrected chi connectivity index (χ0v) is 16.7. The minimum atomic E-state index is -0.169. The van der Waals surface area contributed by atoms with E-state index in [-0.39, 0.29) is 16.6 Å². The first kappa shape index (κ1) is 18.9. The second-order valence-electron chi connectivity index (χ2n) is 5.59. The average Bonchev–Trinajstić information content (AvgIpc) is 3.19. The number of nitrogens with zero attached hydrogens (tertiary/aromatic N) is 3. The fourth-order valence-electron chi connectivity index (χ4n) is 2.50. The van der Waals surface area contributed by atoms with Gasteiger partial charge in [0.25, 0.3) is 5.91 Å². The molecule has 0 aliphatic heterocycles. The molecule has 4 nitrogen and oxygen atoms in total. The predicted molar refractivity (Wildman–Crippen MR) is 108 cm³/mol. The molecule has 0 unspecified atom stereocenters. The number of hydrogen-bond donors (Lipinski definition) is 0. The summed E-state index contributed by atoms with van der Waals surface area (Å²) in [5, 5.41) is 2.83. The fourth-order valence-corrected chi connectivity index (χ4v) is 3.73. The van der Waals surface area contributed by atoms with Crippen molar-refractivity contribution in [3.05, 3.63) is 75.2 Å². The van der Waals surface area contributed by atoms with Crippen LogP contribution in [0.3, 0.4) is 0 Å². The highest BCUT2D eigenvalue weighted by atomic mass is 35.5. The molecule has 0 bridgehead atoms. The molecule has 0 saturated heterocycles. The van der Waals surface area contributed by atoms with Gasteiger partial charge in [0.05, 0.1) is 17.8 Å². The van der Waals surface area contributed by atoms with Gasteiger partial charge in [-0.25, -0.2) is 9.97 Å². The quantitative estimate of drug-likeness (QED) is 0.420. The van der Waals surface area contributed by atoms with Crippen molar-refractivity contribution in [2.24, 2.45) is 0 Å². The summed E-state index contributed by atoms with van der Waals surface area (Å²) >= 11 is 9.23. The Morgan fingerprint density at radius 1 is 1.23 bits per heavy atom. The second-order valence-corrected chi connectivity index (χ2v) is 7.81. The number of thiophene rings is 1. The maximum Gasteiger partial charge on any atom is 0.274 e. The van der Waals surface area contributed by atoms with E-state index in [1.165, 1.54) is 23.5 Å². The summed E-state index contributed by atoms with van der Waals surface area (Å²) in [6, 6.07) is 14.2. The van der Waals surface area contributed by atoms with Crippen LogP contribution in [0.15, 0.2) is 59.2 Å². The smallest absolute Gasteiger partial charge is 0.274 e. The number of halogens is 1. The minimum absolute atomic E-state index is 0.169. The molecule has 3 rings (SSSR count). The van der Waals surface area contributed by atoms with Crippen LogP contribution in [0, 0.1) is 0 Å². The molecule has 134 valence electrons. The lowest BCUT2D eigenvalue weighted by Crippen LogP contribution is -2.33. The Bertz CT molecular complexity index is 856. The van der Waals surface area contributed by atoms with Gasteiger partial charge in [0.2, 0.25) is 0 Å². The van der Waals surface area contributed by atoms with Gasteiger partial charge in [-0.3, -0.25) is 4.79 Å². The van der Waals surface area contributed by atoms with Crippen LogP contribution in [0.4, 0.5) is 0 Å². The molecule has 26 heavy (non-hydrogen) atoms. The molecule has 0 spiro atoms.